The van der Waals surface area contributed by atoms with E-state index in [0.29, 0.717) is 40.2 Å². The molecule has 0 bridgehead atoms. The summed E-state index contributed by atoms with van der Waals surface area (Å²) in [5.74, 6) is 1.26. The Balaban J connectivity index is 2.07. The molecule has 7 nitrogen and oxygen atoms in total. The number of ether oxygens (including phenoxy) is 4. The van der Waals surface area contributed by atoms with Gasteiger partial charge in [0.05, 0.1) is 34.0 Å². The molecule has 0 unspecified atom stereocenters. The van der Waals surface area contributed by atoms with Crippen LogP contribution in [0.4, 0.5) is 5.69 Å². The molecule has 2 N–H and O–H groups in total. The van der Waals surface area contributed by atoms with Crippen molar-refractivity contribution < 1.29 is 23.7 Å². The zero-order chi connectivity index (χ0) is 19.8. The number of nitrogens with one attached hydrogen (secondary N) is 2. The van der Waals surface area contributed by atoms with Gasteiger partial charge in [0.25, 0.3) is 0 Å². The van der Waals surface area contributed by atoms with Crippen LogP contribution in [0.15, 0.2) is 36.4 Å². The number of rotatable bonds is 7. The summed E-state index contributed by atoms with van der Waals surface area (Å²) in [6, 6.07) is 10.5. The summed E-state index contributed by atoms with van der Waals surface area (Å²) in [7, 11) is 6.02. The highest BCUT2D eigenvalue weighted by molar-refractivity contribution is 7.80. The Bertz CT molecular complexity index is 826. The van der Waals surface area contributed by atoms with Gasteiger partial charge in [0.15, 0.2) is 16.6 Å². The average molecular weight is 390 g/mol. The van der Waals surface area contributed by atoms with E-state index in [2.05, 4.69) is 10.6 Å². The predicted molar refractivity (Wildman–Crippen MR) is 107 cm³/mol. The van der Waals surface area contributed by atoms with Crippen molar-refractivity contribution in [3.8, 4) is 17.2 Å². The van der Waals surface area contributed by atoms with Gasteiger partial charge in [0.1, 0.15) is 0 Å². The van der Waals surface area contributed by atoms with Crippen LogP contribution in [-0.4, -0.2) is 39.5 Å². The van der Waals surface area contributed by atoms with E-state index in [4.69, 9.17) is 31.2 Å². The molecule has 0 atom stereocenters. The number of esters is 1. The van der Waals surface area contributed by atoms with Crippen molar-refractivity contribution in [2.24, 2.45) is 0 Å². The fraction of sp³-hybridized carbons (Fsp3) is 0.263. The van der Waals surface area contributed by atoms with Crippen LogP contribution < -0.4 is 24.8 Å². The van der Waals surface area contributed by atoms with Crippen LogP contribution in [0, 0.1) is 0 Å². The number of methoxy groups -OCH3 is 4. The van der Waals surface area contributed by atoms with Gasteiger partial charge in [0.2, 0.25) is 5.75 Å². The van der Waals surface area contributed by atoms with Gasteiger partial charge in [-0.2, -0.15) is 0 Å². The summed E-state index contributed by atoms with van der Waals surface area (Å²) in [6.07, 6.45) is 0. The largest absolute Gasteiger partial charge is 0.493 e. The summed E-state index contributed by atoms with van der Waals surface area (Å²) in [6.45, 7) is 0.409. The third kappa shape index (κ3) is 5.01. The normalized spacial score (nSPS) is 9.93. The Morgan fingerprint density at radius 3 is 2.37 bits per heavy atom. The first-order valence-corrected chi connectivity index (χ1v) is 8.46. The van der Waals surface area contributed by atoms with Crippen LogP contribution in [0.3, 0.4) is 0 Å². The number of hydrogen-bond donors (Lipinski definition) is 2. The van der Waals surface area contributed by atoms with E-state index in [1.807, 2.05) is 6.07 Å². The van der Waals surface area contributed by atoms with Crippen LogP contribution in [-0.2, 0) is 11.3 Å². The lowest BCUT2D eigenvalue weighted by Gasteiger charge is -2.17. The number of anilines is 1. The third-order valence-corrected chi connectivity index (χ3v) is 4.01. The van der Waals surface area contributed by atoms with Gasteiger partial charge in [-0.05, 0) is 42.5 Å². The minimum absolute atomic E-state index is 0.397. The zero-order valence-electron chi connectivity index (χ0n) is 15.6. The fourth-order valence-corrected chi connectivity index (χ4v) is 2.68. The maximum Gasteiger partial charge on any atom is 0.337 e. The van der Waals surface area contributed by atoms with E-state index in [9.17, 15) is 4.79 Å². The van der Waals surface area contributed by atoms with Gasteiger partial charge < -0.3 is 29.6 Å². The molecule has 0 saturated heterocycles. The number of benzene rings is 2. The molecule has 2 aromatic carbocycles. The van der Waals surface area contributed by atoms with Gasteiger partial charge in [-0.15, -0.1) is 0 Å². The van der Waals surface area contributed by atoms with E-state index in [-0.39, 0.29) is 0 Å². The fourth-order valence-electron chi connectivity index (χ4n) is 2.49. The van der Waals surface area contributed by atoms with Gasteiger partial charge in [-0.3, -0.25) is 0 Å². The highest BCUT2D eigenvalue weighted by Gasteiger charge is 2.16. The molecule has 0 saturated carbocycles. The van der Waals surface area contributed by atoms with Crippen LogP contribution >= 0.6 is 12.2 Å². The predicted octanol–water partition coefficient (Wildman–Crippen LogP) is 2.99. The molecule has 2 rings (SSSR count). The third-order valence-electron chi connectivity index (χ3n) is 3.77. The lowest BCUT2D eigenvalue weighted by atomic mass is 10.1. The van der Waals surface area contributed by atoms with Gasteiger partial charge in [-0.1, -0.05) is 6.07 Å². The van der Waals surface area contributed by atoms with Crippen LogP contribution in [0.1, 0.15) is 15.9 Å². The first-order valence-electron chi connectivity index (χ1n) is 8.05. The van der Waals surface area contributed by atoms with E-state index in [1.54, 1.807) is 51.7 Å². The van der Waals surface area contributed by atoms with Crippen molar-refractivity contribution in [1.82, 2.24) is 5.32 Å². The highest BCUT2D eigenvalue weighted by Crippen LogP contribution is 2.39. The van der Waals surface area contributed by atoms with Gasteiger partial charge in [0, 0.05) is 17.8 Å². The van der Waals surface area contributed by atoms with Gasteiger partial charge >= 0.3 is 5.97 Å². The summed E-state index contributed by atoms with van der Waals surface area (Å²) in [5.41, 5.74) is 1.96. The number of carbonyl (C=O) groups is 1. The molecule has 0 heterocycles. The lowest BCUT2D eigenvalue weighted by molar-refractivity contribution is 0.0601. The van der Waals surface area contributed by atoms with Crippen molar-refractivity contribution in [2.45, 2.75) is 6.54 Å². The number of hydrogen-bond acceptors (Lipinski definition) is 6. The van der Waals surface area contributed by atoms with Crippen LogP contribution in [0.2, 0.25) is 0 Å². The van der Waals surface area contributed by atoms with Crippen molar-refractivity contribution in [1.29, 1.82) is 0 Å². The molecule has 144 valence electrons. The minimum atomic E-state index is -0.410. The van der Waals surface area contributed by atoms with E-state index < -0.39 is 5.97 Å². The molecule has 0 fully saturated rings. The van der Waals surface area contributed by atoms with Crippen molar-refractivity contribution in [3.05, 3.63) is 47.5 Å². The van der Waals surface area contributed by atoms with Crippen LogP contribution in [0.25, 0.3) is 0 Å². The Labute approximate surface area is 163 Å². The Kier molecular flexibility index (Phi) is 7.25. The Morgan fingerprint density at radius 2 is 1.74 bits per heavy atom. The number of thiocarbonyl (C=S) groups is 1. The van der Waals surface area contributed by atoms with Gasteiger partial charge in [-0.25, -0.2) is 4.79 Å². The molecular weight excluding hydrogens is 368 g/mol. The summed E-state index contributed by atoms with van der Waals surface area (Å²) >= 11 is 5.33. The monoisotopic (exact) mass is 390 g/mol. The molecule has 0 aliphatic rings. The average Bonchev–Trinajstić information content (AvgIpc) is 2.70. The second-order valence-electron chi connectivity index (χ2n) is 5.37. The maximum absolute atomic E-state index is 11.6. The van der Waals surface area contributed by atoms with Crippen molar-refractivity contribution in [3.63, 3.8) is 0 Å². The molecule has 0 spiro atoms. The highest BCUT2D eigenvalue weighted by atomic mass is 32.1. The second kappa shape index (κ2) is 9.63. The van der Waals surface area contributed by atoms with Crippen molar-refractivity contribution in [2.75, 3.05) is 33.8 Å². The van der Waals surface area contributed by atoms with E-state index in [0.717, 1.165) is 5.56 Å². The molecule has 8 heteroatoms. The maximum atomic E-state index is 11.6. The smallest absolute Gasteiger partial charge is 0.337 e. The molecule has 0 amide bonds. The molecule has 0 radical (unpaired) electrons. The Hall–Kier alpha value is -3.00. The SMILES string of the molecule is COC(=O)c1cccc(NC(=S)NCc2ccc(OC)c(OC)c2OC)c1. The summed E-state index contributed by atoms with van der Waals surface area (Å²) < 4.78 is 20.8. The van der Waals surface area contributed by atoms with Crippen LogP contribution in [0.5, 0.6) is 17.2 Å². The molecule has 27 heavy (non-hydrogen) atoms. The van der Waals surface area contributed by atoms with E-state index >= 15 is 0 Å². The zero-order valence-corrected chi connectivity index (χ0v) is 16.4. The lowest BCUT2D eigenvalue weighted by Crippen LogP contribution is -2.28. The number of carbonyl (C=O) groups excluding carboxylic acids is 1. The topological polar surface area (TPSA) is 78.1 Å². The minimum Gasteiger partial charge on any atom is -0.493 e. The molecular formula is C19H22N2O5S. The second-order valence-corrected chi connectivity index (χ2v) is 5.78. The van der Waals surface area contributed by atoms with Crippen molar-refractivity contribution >= 4 is 29.0 Å². The summed E-state index contributed by atoms with van der Waals surface area (Å²) in [5, 5.41) is 6.53. The first kappa shape index (κ1) is 20.3. The molecule has 2 aromatic rings. The molecule has 0 aliphatic heterocycles. The first-order chi connectivity index (χ1) is 13.0. The summed E-state index contributed by atoms with van der Waals surface area (Å²) in [4.78, 5) is 11.6. The Morgan fingerprint density at radius 1 is 1.00 bits per heavy atom. The standard InChI is InChI=1S/C19H22N2O5S/c1-23-15-9-8-13(16(24-2)17(15)25-3)11-20-19(27)21-14-7-5-6-12(10-14)18(22)26-4/h5-10H,11H2,1-4H3,(H2,20,21,27). The van der Waals surface area contributed by atoms with E-state index in [1.165, 1.54) is 7.11 Å². The molecule has 0 aromatic heterocycles. The molecule has 0 aliphatic carbocycles. The quantitative estimate of drug-likeness (QED) is 0.552.